The van der Waals surface area contributed by atoms with Gasteiger partial charge in [0.2, 0.25) is 0 Å². The maximum absolute atomic E-state index is 12.2. The zero-order chi connectivity index (χ0) is 22.6. The normalized spacial score (nSPS) is 14.0. The molecule has 1 rings (SSSR count). The van der Waals surface area contributed by atoms with Crippen molar-refractivity contribution < 1.29 is 9.59 Å². The molecule has 0 saturated carbocycles. The molecule has 0 saturated heterocycles. The van der Waals surface area contributed by atoms with E-state index in [0.717, 1.165) is 36.8 Å². The quantitative estimate of drug-likeness (QED) is 0.137. The Morgan fingerprint density at radius 3 is 0.968 bits per heavy atom. The standard InChI is InChI=1S/C28H51NO2/c1-3-5-7-9-11-13-14-15-16-18-20-22-24-26-25(27(30)29-28(26)31)23-21-19-17-12-10-8-6-4-2/h3-24H2,1-2H3,(H,29,30,31). The minimum absolute atomic E-state index is 0.123. The molecule has 0 atom stereocenters. The molecule has 1 N–H and O–H groups in total. The summed E-state index contributed by atoms with van der Waals surface area (Å²) in [6.07, 6.45) is 27.4. The van der Waals surface area contributed by atoms with E-state index in [9.17, 15) is 9.59 Å². The van der Waals surface area contributed by atoms with Gasteiger partial charge in [0.25, 0.3) is 11.8 Å². The van der Waals surface area contributed by atoms with Gasteiger partial charge < -0.3 is 0 Å². The van der Waals surface area contributed by atoms with Crippen LogP contribution in [0.2, 0.25) is 0 Å². The first kappa shape index (κ1) is 27.9. The van der Waals surface area contributed by atoms with E-state index in [0.29, 0.717) is 0 Å². The zero-order valence-corrected chi connectivity index (χ0v) is 20.9. The van der Waals surface area contributed by atoms with Gasteiger partial charge in [0.15, 0.2) is 0 Å². The van der Waals surface area contributed by atoms with Gasteiger partial charge in [0.1, 0.15) is 0 Å². The van der Waals surface area contributed by atoms with Crippen molar-refractivity contribution in [3.63, 3.8) is 0 Å². The summed E-state index contributed by atoms with van der Waals surface area (Å²) in [6, 6.07) is 0. The average molecular weight is 434 g/mol. The van der Waals surface area contributed by atoms with E-state index in [2.05, 4.69) is 19.2 Å². The lowest BCUT2D eigenvalue weighted by molar-refractivity contribution is -0.124. The van der Waals surface area contributed by atoms with Crippen LogP contribution in [0, 0.1) is 0 Å². The first-order chi connectivity index (χ1) is 15.2. The largest absolute Gasteiger partial charge is 0.289 e. The number of amides is 2. The number of unbranched alkanes of at least 4 members (excludes halogenated alkanes) is 18. The van der Waals surface area contributed by atoms with Gasteiger partial charge in [-0.1, -0.05) is 129 Å². The highest BCUT2D eigenvalue weighted by atomic mass is 16.2. The van der Waals surface area contributed by atoms with Crippen molar-refractivity contribution in [2.75, 3.05) is 0 Å². The monoisotopic (exact) mass is 433 g/mol. The van der Waals surface area contributed by atoms with Crippen LogP contribution in [0.3, 0.4) is 0 Å². The summed E-state index contributed by atoms with van der Waals surface area (Å²) >= 11 is 0. The molecule has 0 aromatic heterocycles. The highest BCUT2D eigenvalue weighted by molar-refractivity contribution is 6.19. The van der Waals surface area contributed by atoms with Crippen LogP contribution < -0.4 is 5.32 Å². The first-order valence-corrected chi connectivity index (χ1v) is 13.8. The van der Waals surface area contributed by atoms with Gasteiger partial charge in [0, 0.05) is 11.1 Å². The summed E-state index contributed by atoms with van der Waals surface area (Å²) in [5.74, 6) is -0.246. The summed E-state index contributed by atoms with van der Waals surface area (Å²) in [4.78, 5) is 24.3. The van der Waals surface area contributed by atoms with Crippen molar-refractivity contribution in [1.82, 2.24) is 5.32 Å². The van der Waals surface area contributed by atoms with Crippen LogP contribution in [-0.4, -0.2) is 11.8 Å². The lowest BCUT2D eigenvalue weighted by Crippen LogP contribution is -2.23. The van der Waals surface area contributed by atoms with Gasteiger partial charge in [0.05, 0.1) is 0 Å². The molecule has 0 aliphatic carbocycles. The summed E-state index contributed by atoms with van der Waals surface area (Å²) in [6.45, 7) is 4.52. The third kappa shape index (κ3) is 13.8. The number of carbonyl (C=O) groups is 2. The molecule has 0 unspecified atom stereocenters. The summed E-state index contributed by atoms with van der Waals surface area (Å²) in [5.41, 5.74) is 1.58. The average Bonchev–Trinajstić information content (AvgIpc) is 3.03. The first-order valence-electron chi connectivity index (χ1n) is 13.8. The molecule has 2 amide bonds. The Kier molecular flexibility index (Phi) is 17.6. The molecule has 0 fully saturated rings. The highest BCUT2D eigenvalue weighted by Crippen LogP contribution is 2.24. The fourth-order valence-corrected chi connectivity index (χ4v) is 4.64. The zero-order valence-electron chi connectivity index (χ0n) is 20.9. The lowest BCUT2D eigenvalue weighted by atomic mass is 9.97. The van der Waals surface area contributed by atoms with Crippen molar-refractivity contribution in [2.24, 2.45) is 0 Å². The lowest BCUT2D eigenvalue weighted by Gasteiger charge is -2.06. The Hall–Kier alpha value is -1.12. The molecule has 0 bridgehead atoms. The van der Waals surface area contributed by atoms with E-state index >= 15 is 0 Å². The molecule has 0 radical (unpaired) electrons. The predicted molar refractivity (Wildman–Crippen MR) is 133 cm³/mol. The van der Waals surface area contributed by atoms with Crippen LogP contribution in [-0.2, 0) is 9.59 Å². The Morgan fingerprint density at radius 2 is 0.677 bits per heavy atom. The number of hydrogen-bond acceptors (Lipinski definition) is 2. The maximum Gasteiger partial charge on any atom is 0.254 e. The van der Waals surface area contributed by atoms with Crippen LogP contribution in [0.5, 0.6) is 0 Å². The third-order valence-corrected chi connectivity index (χ3v) is 6.70. The highest BCUT2D eigenvalue weighted by Gasteiger charge is 2.28. The second kappa shape index (κ2) is 19.6. The third-order valence-electron chi connectivity index (χ3n) is 6.70. The maximum atomic E-state index is 12.2. The fraction of sp³-hybridized carbons (Fsp3) is 0.857. The number of imide groups is 1. The van der Waals surface area contributed by atoms with Crippen molar-refractivity contribution in [2.45, 2.75) is 155 Å². The van der Waals surface area contributed by atoms with E-state index in [4.69, 9.17) is 0 Å². The van der Waals surface area contributed by atoms with Crippen LogP contribution in [0.15, 0.2) is 11.1 Å². The molecule has 0 aromatic carbocycles. The molecular weight excluding hydrogens is 382 g/mol. The van der Waals surface area contributed by atoms with Crippen molar-refractivity contribution in [3.8, 4) is 0 Å². The van der Waals surface area contributed by atoms with Crippen molar-refractivity contribution in [1.29, 1.82) is 0 Å². The Bertz CT molecular complexity index is 509. The SMILES string of the molecule is CCCCCCCCCCCCCCC1=C(CCCCCCCCCC)C(=O)NC1=O. The molecule has 1 heterocycles. The summed E-state index contributed by atoms with van der Waals surface area (Å²) in [7, 11) is 0. The number of nitrogens with one attached hydrogen (secondary N) is 1. The topological polar surface area (TPSA) is 46.2 Å². The minimum Gasteiger partial charge on any atom is -0.289 e. The van der Waals surface area contributed by atoms with E-state index in [1.54, 1.807) is 0 Å². The smallest absolute Gasteiger partial charge is 0.254 e. The minimum atomic E-state index is -0.123. The molecule has 0 spiro atoms. The van der Waals surface area contributed by atoms with E-state index in [1.807, 2.05) is 0 Å². The van der Waals surface area contributed by atoms with Crippen molar-refractivity contribution >= 4 is 11.8 Å². The van der Waals surface area contributed by atoms with E-state index in [1.165, 1.54) is 116 Å². The van der Waals surface area contributed by atoms with E-state index in [-0.39, 0.29) is 11.8 Å². The summed E-state index contributed by atoms with van der Waals surface area (Å²) in [5, 5.41) is 2.53. The Balaban J connectivity index is 2.10. The van der Waals surface area contributed by atoms with Crippen LogP contribution in [0.4, 0.5) is 0 Å². The van der Waals surface area contributed by atoms with Gasteiger partial charge in [-0.15, -0.1) is 0 Å². The molecule has 3 nitrogen and oxygen atoms in total. The second-order valence-electron chi connectivity index (χ2n) is 9.60. The molecule has 0 aromatic rings. The summed E-state index contributed by atoms with van der Waals surface area (Å²) < 4.78 is 0. The van der Waals surface area contributed by atoms with Crippen LogP contribution >= 0.6 is 0 Å². The van der Waals surface area contributed by atoms with Gasteiger partial charge >= 0.3 is 0 Å². The van der Waals surface area contributed by atoms with Gasteiger partial charge in [-0.2, -0.15) is 0 Å². The molecule has 31 heavy (non-hydrogen) atoms. The van der Waals surface area contributed by atoms with Gasteiger partial charge in [-0.05, 0) is 25.7 Å². The van der Waals surface area contributed by atoms with Gasteiger partial charge in [-0.3, -0.25) is 14.9 Å². The van der Waals surface area contributed by atoms with E-state index < -0.39 is 0 Å². The Morgan fingerprint density at radius 1 is 0.419 bits per heavy atom. The number of rotatable bonds is 22. The predicted octanol–water partition coefficient (Wildman–Crippen LogP) is 8.56. The molecule has 180 valence electrons. The van der Waals surface area contributed by atoms with Crippen LogP contribution in [0.1, 0.15) is 155 Å². The van der Waals surface area contributed by atoms with Gasteiger partial charge in [-0.25, -0.2) is 0 Å². The Labute approximate surface area is 193 Å². The number of carbonyl (C=O) groups excluding carboxylic acids is 2. The number of hydrogen-bond donors (Lipinski definition) is 1. The fourth-order valence-electron chi connectivity index (χ4n) is 4.64. The molecular formula is C28H51NO2. The molecule has 1 aliphatic heterocycles. The molecule has 1 aliphatic rings. The van der Waals surface area contributed by atoms with Crippen LogP contribution in [0.25, 0.3) is 0 Å². The molecule has 3 heteroatoms. The second-order valence-corrected chi connectivity index (χ2v) is 9.60. The van der Waals surface area contributed by atoms with Crippen molar-refractivity contribution in [3.05, 3.63) is 11.1 Å².